The molecule has 2 heterocycles. The van der Waals surface area contributed by atoms with Crippen LogP contribution in [0.5, 0.6) is 0 Å². The molecule has 1 saturated heterocycles. The highest BCUT2D eigenvalue weighted by Crippen LogP contribution is 2.63. The summed E-state index contributed by atoms with van der Waals surface area (Å²) in [4.78, 5) is 34.9. The van der Waals surface area contributed by atoms with E-state index in [0.29, 0.717) is 30.1 Å². The molecule has 4 N–H and O–H groups in total. The van der Waals surface area contributed by atoms with Crippen LogP contribution in [0.25, 0.3) is 0 Å². The molecule has 0 radical (unpaired) electrons. The first-order chi connectivity index (χ1) is 14.3. The van der Waals surface area contributed by atoms with Crippen molar-refractivity contribution < 1.29 is 14.7 Å². The monoisotopic (exact) mass is 413 g/mol. The number of hydrogen-bond donors (Lipinski definition) is 3. The number of rotatable bonds is 4. The summed E-state index contributed by atoms with van der Waals surface area (Å²) in [5.41, 5.74) is 6.39. The summed E-state index contributed by atoms with van der Waals surface area (Å²) in [6, 6.07) is 1.84. The maximum Gasteiger partial charge on any atom is 0.407 e. The number of nitrogens with two attached hydrogens (primary N) is 1. The van der Waals surface area contributed by atoms with Crippen molar-refractivity contribution in [2.24, 2.45) is 34.8 Å². The molecule has 5 fully saturated rings. The van der Waals surface area contributed by atoms with Crippen molar-refractivity contribution in [3.63, 3.8) is 0 Å². The summed E-state index contributed by atoms with van der Waals surface area (Å²) in [5, 5.41) is 13.5. The lowest BCUT2D eigenvalue weighted by molar-refractivity contribution is -0.154. The molecular weight excluding hydrogens is 382 g/mol. The molecule has 1 aromatic heterocycles. The van der Waals surface area contributed by atoms with Crippen LogP contribution in [0.3, 0.4) is 0 Å². The second kappa shape index (κ2) is 6.82. The van der Waals surface area contributed by atoms with E-state index in [4.69, 9.17) is 5.73 Å². The van der Waals surface area contributed by atoms with Crippen molar-refractivity contribution in [3.8, 4) is 0 Å². The fourth-order valence-corrected chi connectivity index (χ4v) is 7.58. The molecule has 8 heteroatoms. The molecule has 30 heavy (non-hydrogen) atoms. The van der Waals surface area contributed by atoms with Crippen LogP contribution < -0.4 is 11.1 Å². The van der Waals surface area contributed by atoms with E-state index in [9.17, 15) is 14.7 Å². The third-order valence-electron chi connectivity index (χ3n) is 8.26. The van der Waals surface area contributed by atoms with Gasteiger partial charge in [-0.3, -0.25) is 4.79 Å². The predicted octanol–water partition coefficient (Wildman–Crippen LogP) is 2.55. The molecule has 1 aliphatic heterocycles. The summed E-state index contributed by atoms with van der Waals surface area (Å²) >= 11 is 0. The fraction of sp³-hybridized carbons (Fsp3) is 0.727. The van der Waals surface area contributed by atoms with E-state index in [2.05, 4.69) is 15.3 Å². The number of carboxylic acid groups (broad SMARTS) is 1. The zero-order valence-electron chi connectivity index (χ0n) is 17.7. The van der Waals surface area contributed by atoms with Gasteiger partial charge in [-0.2, -0.15) is 0 Å². The van der Waals surface area contributed by atoms with Gasteiger partial charge in [-0.25, -0.2) is 14.8 Å². The highest BCUT2D eigenvalue weighted by molar-refractivity contribution is 5.81. The Morgan fingerprint density at radius 3 is 2.50 bits per heavy atom. The first-order valence-electron chi connectivity index (χ1n) is 11.1. The molecule has 2 amide bonds. The van der Waals surface area contributed by atoms with Crippen molar-refractivity contribution in [2.45, 2.75) is 64.5 Å². The molecule has 8 nitrogen and oxygen atoms in total. The minimum absolute atomic E-state index is 0.0156. The van der Waals surface area contributed by atoms with E-state index in [-0.39, 0.29) is 29.3 Å². The first kappa shape index (κ1) is 19.6. The number of carbonyl (C=O) groups excluding carboxylic acids is 1. The van der Waals surface area contributed by atoms with E-state index in [1.165, 1.54) is 0 Å². The second-order valence-corrected chi connectivity index (χ2v) is 10.1. The molecule has 4 saturated carbocycles. The lowest BCUT2D eigenvalue weighted by Crippen LogP contribution is -2.61. The second-order valence-electron chi connectivity index (χ2n) is 10.1. The number of likely N-dealkylation sites (tertiary alicyclic amines) is 1. The Bertz CT molecular complexity index is 853. The van der Waals surface area contributed by atoms with Crippen LogP contribution in [-0.2, 0) is 4.79 Å². The van der Waals surface area contributed by atoms with Crippen molar-refractivity contribution in [1.82, 2.24) is 14.9 Å². The predicted molar refractivity (Wildman–Crippen MR) is 111 cm³/mol. The van der Waals surface area contributed by atoms with E-state index >= 15 is 0 Å². The van der Waals surface area contributed by atoms with Gasteiger partial charge in [-0.15, -0.1) is 0 Å². The molecule has 5 aliphatic rings. The van der Waals surface area contributed by atoms with Crippen molar-refractivity contribution in [3.05, 3.63) is 17.6 Å². The Hall–Kier alpha value is -2.38. The summed E-state index contributed by atoms with van der Waals surface area (Å²) in [7, 11) is 0. The third kappa shape index (κ3) is 3.03. The van der Waals surface area contributed by atoms with Crippen LogP contribution in [0.1, 0.15) is 50.0 Å². The number of nitrogens with one attached hydrogen (secondary N) is 1. The van der Waals surface area contributed by atoms with Crippen molar-refractivity contribution >= 4 is 17.8 Å². The summed E-state index contributed by atoms with van der Waals surface area (Å²) in [6.45, 7) is 4.34. The van der Waals surface area contributed by atoms with E-state index in [1.54, 1.807) is 4.90 Å². The zero-order chi connectivity index (χ0) is 21.2. The van der Waals surface area contributed by atoms with E-state index < -0.39 is 6.09 Å². The Kier molecular flexibility index (Phi) is 4.45. The van der Waals surface area contributed by atoms with Gasteiger partial charge in [0.25, 0.3) is 0 Å². The average molecular weight is 414 g/mol. The Morgan fingerprint density at radius 1 is 1.20 bits per heavy atom. The molecule has 1 aromatic rings. The molecule has 4 bridgehead atoms. The molecule has 7 atom stereocenters. The van der Waals surface area contributed by atoms with Crippen LogP contribution in [0.2, 0.25) is 0 Å². The standard InChI is InChI=1S/C22H31N5O3/c1-11-5-17(25-12(2)24-11)26-16-3-4-27(21(29)30)19(16)18-14-6-13-7-15(18)10-22(8-13,9-14)20(23)28/h5,13-16,18-19H,3-4,6-10H2,1-2H3,(H2,23,28)(H,29,30)(H,24,25,26)/t13?,14-,15?,16?,18?,19-,22-/m0/s1. The van der Waals surface area contributed by atoms with Gasteiger partial charge in [0, 0.05) is 23.7 Å². The normalized spacial score (nSPS) is 39.3. The number of anilines is 1. The molecule has 0 spiro atoms. The van der Waals surface area contributed by atoms with Crippen LogP contribution in [0.4, 0.5) is 10.6 Å². The van der Waals surface area contributed by atoms with Gasteiger partial charge >= 0.3 is 6.09 Å². The van der Waals surface area contributed by atoms with Gasteiger partial charge in [0.05, 0.1) is 12.1 Å². The number of primary amides is 1. The SMILES string of the molecule is Cc1cc(NC2CCN(C(=O)O)[C@@H]2C2C3CC4C[C@H]2C[C@@](C(N)=O)(C4)C3)nc(C)n1. The number of carbonyl (C=O) groups is 2. The van der Waals surface area contributed by atoms with Crippen LogP contribution in [0, 0.1) is 42.9 Å². The number of hydrogen-bond acceptors (Lipinski definition) is 5. The average Bonchev–Trinajstić information content (AvgIpc) is 3.03. The lowest BCUT2D eigenvalue weighted by atomic mass is 9.44. The number of nitrogens with zero attached hydrogens (tertiary/aromatic N) is 3. The van der Waals surface area contributed by atoms with E-state index in [1.807, 2.05) is 19.9 Å². The number of amides is 2. The third-order valence-corrected chi connectivity index (χ3v) is 8.26. The first-order valence-corrected chi connectivity index (χ1v) is 11.1. The largest absolute Gasteiger partial charge is 0.465 e. The maximum atomic E-state index is 12.3. The molecule has 4 aliphatic carbocycles. The van der Waals surface area contributed by atoms with Gasteiger partial charge < -0.3 is 21.1 Å². The van der Waals surface area contributed by atoms with Gasteiger partial charge in [-0.05, 0) is 76.0 Å². The lowest BCUT2D eigenvalue weighted by Gasteiger charge is -2.61. The highest BCUT2D eigenvalue weighted by Gasteiger charge is 2.61. The smallest absolute Gasteiger partial charge is 0.407 e. The summed E-state index contributed by atoms with van der Waals surface area (Å²) in [6.07, 6.45) is 4.68. The molecule has 0 aromatic carbocycles. The minimum atomic E-state index is -0.849. The van der Waals surface area contributed by atoms with Crippen LogP contribution in [0.15, 0.2) is 6.07 Å². The van der Waals surface area contributed by atoms with Gasteiger partial charge in [-0.1, -0.05) is 0 Å². The van der Waals surface area contributed by atoms with E-state index in [0.717, 1.165) is 50.0 Å². The Balaban J connectivity index is 1.45. The van der Waals surface area contributed by atoms with Gasteiger partial charge in [0.2, 0.25) is 5.91 Å². The minimum Gasteiger partial charge on any atom is -0.465 e. The van der Waals surface area contributed by atoms with Crippen LogP contribution >= 0.6 is 0 Å². The summed E-state index contributed by atoms with van der Waals surface area (Å²) in [5.74, 6) is 2.89. The number of aryl methyl sites for hydroxylation is 2. The molecule has 4 unspecified atom stereocenters. The Morgan fingerprint density at radius 2 is 1.90 bits per heavy atom. The van der Waals surface area contributed by atoms with Crippen molar-refractivity contribution in [2.75, 3.05) is 11.9 Å². The molecular formula is C22H31N5O3. The molecule has 162 valence electrons. The Labute approximate surface area is 176 Å². The molecule has 6 rings (SSSR count). The summed E-state index contributed by atoms with van der Waals surface area (Å²) < 4.78 is 0. The van der Waals surface area contributed by atoms with Gasteiger partial charge in [0.15, 0.2) is 0 Å². The van der Waals surface area contributed by atoms with Crippen LogP contribution in [-0.4, -0.2) is 50.6 Å². The fourth-order valence-electron chi connectivity index (χ4n) is 7.58. The highest BCUT2D eigenvalue weighted by atomic mass is 16.4. The van der Waals surface area contributed by atoms with Crippen molar-refractivity contribution in [1.29, 1.82) is 0 Å². The maximum absolute atomic E-state index is 12.3. The zero-order valence-corrected chi connectivity index (χ0v) is 17.7. The van der Waals surface area contributed by atoms with Gasteiger partial charge in [0.1, 0.15) is 11.6 Å². The quantitative estimate of drug-likeness (QED) is 0.697. The number of aromatic nitrogens is 2. The topological polar surface area (TPSA) is 121 Å².